The Kier molecular flexibility index (Phi) is 9.19. The topological polar surface area (TPSA) is 63.5 Å². The van der Waals surface area contributed by atoms with Gasteiger partial charge in [-0.3, -0.25) is 0 Å². The molecule has 6 nitrogen and oxygen atoms in total. The molecule has 160 valence electrons. The number of halogens is 3. The number of hydrogen-bond acceptors (Lipinski definition) is 5. The zero-order valence-electron chi connectivity index (χ0n) is 17.0. The SMILES string of the molecule is CCOCCOCC(O)(c1cc(C)c(/N=C\N(C)CC)cc1OC)C(F)(F)F. The van der Waals surface area contributed by atoms with Gasteiger partial charge in [0.1, 0.15) is 5.75 Å². The maximum absolute atomic E-state index is 13.8. The summed E-state index contributed by atoms with van der Waals surface area (Å²) in [5.74, 6) is -0.120. The summed E-state index contributed by atoms with van der Waals surface area (Å²) in [7, 11) is 3.07. The third kappa shape index (κ3) is 6.08. The van der Waals surface area contributed by atoms with E-state index in [4.69, 9.17) is 14.2 Å². The number of aliphatic hydroxyl groups is 1. The summed E-state index contributed by atoms with van der Waals surface area (Å²) in [6.07, 6.45) is -3.39. The van der Waals surface area contributed by atoms with E-state index in [9.17, 15) is 18.3 Å². The molecule has 1 unspecified atom stereocenters. The second-order valence-corrected chi connectivity index (χ2v) is 6.26. The lowest BCUT2D eigenvalue weighted by atomic mass is 9.91. The smallest absolute Gasteiger partial charge is 0.423 e. The molecule has 0 heterocycles. The highest BCUT2D eigenvalue weighted by atomic mass is 19.4. The summed E-state index contributed by atoms with van der Waals surface area (Å²) < 4.78 is 56.5. The Morgan fingerprint density at radius 3 is 2.36 bits per heavy atom. The Morgan fingerprint density at radius 1 is 1.18 bits per heavy atom. The summed E-state index contributed by atoms with van der Waals surface area (Å²) in [5.41, 5.74) is -2.73. The van der Waals surface area contributed by atoms with Gasteiger partial charge in [0.2, 0.25) is 5.60 Å². The maximum Gasteiger partial charge on any atom is 0.423 e. The van der Waals surface area contributed by atoms with Crippen molar-refractivity contribution in [3.05, 3.63) is 23.3 Å². The number of hydrogen-bond donors (Lipinski definition) is 1. The molecule has 0 bridgehead atoms. The second kappa shape index (κ2) is 10.6. The van der Waals surface area contributed by atoms with Gasteiger partial charge in [-0.05, 0) is 32.4 Å². The fourth-order valence-electron chi connectivity index (χ4n) is 2.35. The molecule has 0 aliphatic rings. The number of benzene rings is 1. The molecular weight excluding hydrogens is 377 g/mol. The molecule has 28 heavy (non-hydrogen) atoms. The van der Waals surface area contributed by atoms with Crippen LogP contribution in [0.1, 0.15) is 25.0 Å². The Labute approximate surface area is 163 Å². The van der Waals surface area contributed by atoms with E-state index in [0.29, 0.717) is 17.9 Å². The highest BCUT2D eigenvalue weighted by molar-refractivity contribution is 5.65. The molecular formula is C19H29F3N2O4. The Morgan fingerprint density at radius 2 is 1.82 bits per heavy atom. The minimum atomic E-state index is -4.97. The molecule has 1 N–H and O–H groups in total. The lowest BCUT2D eigenvalue weighted by Gasteiger charge is -2.32. The molecule has 1 atom stereocenters. The molecule has 1 rings (SSSR count). The number of rotatable bonds is 11. The van der Waals surface area contributed by atoms with E-state index in [1.165, 1.54) is 19.2 Å². The molecule has 0 aromatic heterocycles. The second-order valence-electron chi connectivity index (χ2n) is 6.26. The van der Waals surface area contributed by atoms with Crippen LogP contribution in [0.4, 0.5) is 18.9 Å². The summed E-state index contributed by atoms with van der Waals surface area (Å²) >= 11 is 0. The Balaban J connectivity index is 3.26. The largest absolute Gasteiger partial charge is 0.496 e. The van der Waals surface area contributed by atoms with Gasteiger partial charge in [0.05, 0.1) is 39.0 Å². The van der Waals surface area contributed by atoms with Gasteiger partial charge in [0, 0.05) is 31.8 Å². The van der Waals surface area contributed by atoms with E-state index >= 15 is 0 Å². The van der Waals surface area contributed by atoms with Gasteiger partial charge >= 0.3 is 6.18 Å². The maximum atomic E-state index is 13.8. The van der Waals surface area contributed by atoms with Crippen LogP contribution in [-0.2, 0) is 15.1 Å². The van der Waals surface area contributed by atoms with Gasteiger partial charge in [0.15, 0.2) is 0 Å². The molecule has 0 aliphatic carbocycles. The molecule has 9 heteroatoms. The quantitative estimate of drug-likeness (QED) is 0.347. The van der Waals surface area contributed by atoms with Gasteiger partial charge in [-0.15, -0.1) is 0 Å². The van der Waals surface area contributed by atoms with Crippen molar-refractivity contribution in [2.75, 3.05) is 47.1 Å². The Bertz CT molecular complexity index is 653. The number of aliphatic imine (C=N–C) groups is 1. The molecule has 0 fully saturated rings. The number of aryl methyl sites for hydroxylation is 1. The molecule has 1 aromatic rings. The number of methoxy groups -OCH3 is 1. The molecule has 0 saturated heterocycles. The van der Waals surface area contributed by atoms with Gasteiger partial charge in [0.25, 0.3) is 0 Å². The number of ether oxygens (including phenoxy) is 3. The lowest BCUT2D eigenvalue weighted by molar-refractivity contribution is -0.282. The van der Waals surface area contributed by atoms with Crippen molar-refractivity contribution in [1.82, 2.24) is 4.90 Å². The zero-order chi connectivity index (χ0) is 21.4. The van der Waals surface area contributed by atoms with E-state index < -0.39 is 23.9 Å². The minimum absolute atomic E-state index is 0.0702. The van der Waals surface area contributed by atoms with Crippen molar-refractivity contribution in [2.24, 2.45) is 4.99 Å². The predicted molar refractivity (Wildman–Crippen MR) is 101 cm³/mol. The van der Waals surface area contributed by atoms with Crippen molar-refractivity contribution < 1.29 is 32.5 Å². The van der Waals surface area contributed by atoms with Crippen LogP contribution in [0.15, 0.2) is 17.1 Å². The van der Waals surface area contributed by atoms with Crippen molar-refractivity contribution in [1.29, 1.82) is 0 Å². The Hall–Kier alpha value is -1.84. The van der Waals surface area contributed by atoms with Crippen LogP contribution in [0.2, 0.25) is 0 Å². The number of alkyl halides is 3. The molecule has 0 saturated carbocycles. The third-order valence-electron chi connectivity index (χ3n) is 4.21. The van der Waals surface area contributed by atoms with E-state index in [0.717, 1.165) is 6.54 Å². The zero-order valence-corrected chi connectivity index (χ0v) is 17.0. The third-order valence-corrected chi connectivity index (χ3v) is 4.21. The van der Waals surface area contributed by atoms with Crippen LogP contribution >= 0.6 is 0 Å². The summed E-state index contributed by atoms with van der Waals surface area (Å²) in [6, 6.07) is 2.61. The first-order valence-corrected chi connectivity index (χ1v) is 8.98. The molecule has 0 spiro atoms. The normalized spacial score (nSPS) is 14.3. The van der Waals surface area contributed by atoms with E-state index in [1.54, 1.807) is 20.2 Å². The van der Waals surface area contributed by atoms with Gasteiger partial charge < -0.3 is 24.2 Å². The van der Waals surface area contributed by atoms with Crippen LogP contribution in [0, 0.1) is 6.92 Å². The average Bonchev–Trinajstić information content (AvgIpc) is 2.65. The highest BCUT2D eigenvalue weighted by Crippen LogP contribution is 2.45. The van der Waals surface area contributed by atoms with E-state index in [1.807, 2.05) is 18.9 Å². The summed E-state index contributed by atoms with van der Waals surface area (Å²) in [4.78, 5) is 6.09. The fraction of sp³-hybridized carbons (Fsp3) is 0.632. The lowest BCUT2D eigenvalue weighted by Crippen LogP contribution is -2.46. The van der Waals surface area contributed by atoms with Crippen LogP contribution in [0.5, 0.6) is 5.75 Å². The number of nitrogens with zero attached hydrogens (tertiary/aromatic N) is 2. The van der Waals surface area contributed by atoms with Crippen LogP contribution in [0.3, 0.4) is 0 Å². The van der Waals surface area contributed by atoms with Crippen LogP contribution in [-0.4, -0.2) is 69.7 Å². The minimum Gasteiger partial charge on any atom is -0.496 e. The van der Waals surface area contributed by atoms with Crippen molar-refractivity contribution in [3.63, 3.8) is 0 Å². The summed E-state index contributed by atoms with van der Waals surface area (Å²) in [5, 5.41) is 10.5. The fourth-order valence-corrected chi connectivity index (χ4v) is 2.35. The molecule has 0 amide bonds. The molecule has 0 aliphatic heterocycles. The monoisotopic (exact) mass is 406 g/mol. The average molecular weight is 406 g/mol. The van der Waals surface area contributed by atoms with E-state index in [2.05, 4.69) is 4.99 Å². The van der Waals surface area contributed by atoms with Crippen molar-refractivity contribution in [3.8, 4) is 5.75 Å². The van der Waals surface area contributed by atoms with Gasteiger partial charge in [-0.1, -0.05) is 0 Å². The first kappa shape index (κ1) is 24.2. The highest BCUT2D eigenvalue weighted by Gasteiger charge is 2.56. The predicted octanol–water partition coefficient (Wildman–Crippen LogP) is 3.42. The van der Waals surface area contributed by atoms with Crippen molar-refractivity contribution >= 4 is 12.0 Å². The standard InChI is InChI=1S/C19H29F3N2O4/c1-6-24(4)13-23-16-11-17(26-5)15(10-14(16)3)18(25,19(20,21)22)12-28-9-8-27-7-2/h10-11,13,25H,6-9,12H2,1-5H3/b23-13-. The van der Waals surface area contributed by atoms with Crippen LogP contribution < -0.4 is 4.74 Å². The van der Waals surface area contributed by atoms with Gasteiger partial charge in [-0.2, -0.15) is 13.2 Å². The van der Waals surface area contributed by atoms with E-state index in [-0.39, 0.29) is 19.0 Å². The first-order chi connectivity index (χ1) is 13.1. The first-order valence-electron chi connectivity index (χ1n) is 8.98. The summed E-state index contributed by atoms with van der Waals surface area (Å²) in [6.45, 7) is 5.58. The van der Waals surface area contributed by atoms with Crippen molar-refractivity contribution in [2.45, 2.75) is 32.5 Å². The van der Waals surface area contributed by atoms with Crippen LogP contribution in [0.25, 0.3) is 0 Å². The molecule has 1 aromatic carbocycles. The van der Waals surface area contributed by atoms with Gasteiger partial charge in [-0.25, -0.2) is 4.99 Å². The molecule has 0 radical (unpaired) electrons.